The topological polar surface area (TPSA) is 57.5 Å². The summed E-state index contributed by atoms with van der Waals surface area (Å²) < 4.78 is 0. The number of halogens is 1. The molecule has 4 aliphatic carbocycles. The van der Waals surface area contributed by atoms with Crippen LogP contribution in [0.25, 0.3) is 11.1 Å². The summed E-state index contributed by atoms with van der Waals surface area (Å²) >= 11 is 6.28. The standard InChI is InChI=1S/C25H25ClO3/c26-20-11-19(6-7-21(20)27)23(22(24(28)29)18-4-2-1-3-5-18)25-12-15-8-16(13-25)10-17(9-15)14-25/h1-7,11,15-17,27H,8-10,12-14H2,(H,28,29). The van der Waals surface area contributed by atoms with E-state index < -0.39 is 5.97 Å². The monoisotopic (exact) mass is 408 g/mol. The highest BCUT2D eigenvalue weighted by Crippen LogP contribution is 2.65. The van der Waals surface area contributed by atoms with Crippen molar-refractivity contribution in [3.8, 4) is 5.75 Å². The van der Waals surface area contributed by atoms with Crippen molar-refractivity contribution in [3.63, 3.8) is 0 Å². The van der Waals surface area contributed by atoms with Gasteiger partial charge in [0, 0.05) is 0 Å². The average Bonchev–Trinajstić information content (AvgIpc) is 2.67. The third-order valence-electron chi connectivity index (χ3n) is 7.33. The van der Waals surface area contributed by atoms with Gasteiger partial charge in [-0.15, -0.1) is 0 Å². The SMILES string of the molecule is O=C(O)C(=C(c1ccc(O)c(Cl)c1)C12CC3CC(CC(C3)C1)C2)c1ccccc1. The molecular weight excluding hydrogens is 384 g/mol. The van der Waals surface area contributed by atoms with Gasteiger partial charge in [0.05, 0.1) is 10.6 Å². The number of rotatable bonds is 4. The van der Waals surface area contributed by atoms with Crippen molar-refractivity contribution >= 4 is 28.7 Å². The van der Waals surface area contributed by atoms with E-state index in [4.69, 9.17) is 11.6 Å². The van der Waals surface area contributed by atoms with Gasteiger partial charge in [0.25, 0.3) is 0 Å². The minimum Gasteiger partial charge on any atom is -0.506 e. The van der Waals surface area contributed by atoms with Crippen LogP contribution in [0.15, 0.2) is 48.5 Å². The van der Waals surface area contributed by atoms with Gasteiger partial charge in [0.2, 0.25) is 0 Å². The van der Waals surface area contributed by atoms with E-state index in [2.05, 4.69) is 0 Å². The molecule has 4 fully saturated rings. The molecule has 4 heteroatoms. The van der Waals surface area contributed by atoms with Gasteiger partial charge >= 0.3 is 5.97 Å². The third kappa shape index (κ3) is 3.16. The zero-order valence-corrected chi connectivity index (χ0v) is 17.0. The highest BCUT2D eigenvalue weighted by atomic mass is 35.5. The van der Waals surface area contributed by atoms with Crippen LogP contribution in [-0.4, -0.2) is 16.2 Å². The van der Waals surface area contributed by atoms with Gasteiger partial charge in [-0.05, 0) is 90.5 Å². The number of carbonyl (C=O) groups is 1. The molecule has 0 aromatic heterocycles. The summed E-state index contributed by atoms with van der Waals surface area (Å²) in [6, 6.07) is 14.6. The zero-order valence-electron chi connectivity index (χ0n) is 16.3. The number of phenols is 1. The van der Waals surface area contributed by atoms with Crippen molar-refractivity contribution in [2.24, 2.45) is 23.2 Å². The van der Waals surface area contributed by atoms with Crippen molar-refractivity contribution < 1.29 is 15.0 Å². The van der Waals surface area contributed by atoms with Gasteiger partial charge in [-0.2, -0.15) is 0 Å². The van der Waals surface area contributed by atoms with Crippen molar-refractivity contribution in [2.45, 2.75) is 38.5 Å². The van der Waals surface area contributed by atoms with E-state index in [0.717, 1.165) is 36.0 Å². The number of benzene rings is 2. The van der Waals surface area contributed by atoms with Crippen LogP contribution in [0.2, 0.25) is 5.02 Å². The summed E-state index contributed by atoms with van der Waals surface area (Å²) in [5.41, 5.74) is 2.73. The number of hydrogen-bond acceptors (Lipinski definition) is 2. The molecule has 0 unspecified atom stereocenters. The summed E-state index contributed by atoms with van der Waals surface area (Å²) in [5.74, 6) is 1.20. The first kappa shape index (κ1) is 18.7. The maximum absolute atomic E-state index is 12.6. The lowest BCUT2D eigenvalue weighted by molar-refractivity contribution is -0.130. The molecule has 0 saturated heterocycles. The zero-order chi connectivity index (χ0) is 20.2. The van der Waals surface area contributed by atoms with Crippen LogP contribution >= 0.6 is 11.6 Å². The molecule has 0 heterocycles. The molecule has 2 N–H and O–H groups in total. The lowest BCUT2D eigenvalue weighted by Crippen LogP contribution is -2.47. The molecule has 2 aromatic carbocycles. The van der Waals surface area contributed by atoms with Gasteiger partial charge in [-0.1, -0.05) is 48.0 Å². The van der Waals surface area contributed by atoms with Gasteiger partial charge in [-0.3, -0.25) is 0 Å². The van der Waals surface area contributed by atoms with E-state index in [0.29, 0.717) is 23.3 Å². The first-order chi connectivity index (χ1) is 13.9. The Morgan fingerprint density at radius 2 is 1.48 bits per heavy atom. The predicted octanol–water partition coefficient (Wildman–Crippen LogP) is 6.26. The Labute approximate surface area is 176 Å². The summed E-state index contributed by atoms with van der Waals surface area (Å²) in [4.78, 5) is 12.6. The molecule has 0 amide bonds. The Kier molecular flexibility index (Phi) is 4.47. The Bertz CT molecular complexity index is 957. The molecule has 0 spiro atoms. The fraction of sp³-hybridized carbons (Fsp3) is 0.400. The van der Waals surface area contributed by atoms with Crippen LogP contribution in [0.1, 0.15) is 49.7 Å². The summed E-state index contributed by atoms with van der Waals surface area (Å²) in [6.07, 6.45) is 7.02. The van der Waals surface area contributed by atoms with Crippen LogP contribution in [0.5, 0.6) is 5.75 Å². The minimum atomic E-state index is -0.897. The van der Waals surface area contributed by atoms with Crippen molar-refractivity contribution in [3.05, 3.63) is 64.7 Å². The fourth-order valence-corrected chi connectivity index (χ4v) is 6.96. The molecule has 0 atom stereocenters. The third-order valence-corrected chi connectivity index (χ3v) is 7.63. The Hall–Kier alpha value is -2.26. The second kappa shape index (κ2) is 6.91. The van der Waals surface area contributed by atoms with Crippen molar-refractivity contribution in [1.29, 1.82) is 0 Å². The van der Waals surface area contributed by atoms with E-state index in [1.165, 1.54) is 19.3 Å². The first-order valence-electron chi connectivity index (χ1n) is 10.5. The fourth-order valence-electron chi connectivity index (χ4n) is 6.77. The maximum Gasteiger partial charge on any atom is 0.336 e. The Balaban J connectivity index is 1.78. The minimum absolute atomic E-state index is 0.0249. The normalized spacial score (nSPS) is 30.9. The van der Waals surface area contributed by atoms with Gasteiger partial charge in [-0.25, -0.2) is 4.79 Å². The summed E-state index contributed by atoms with van der Waals surface area (Å²) in [7, 11) is 0. The lowest BCUT2D eigenvalue weighted by Gasteiger charge is -2.58. The maximum atomic E-state index is 12.6. The molecule has 3 nitrogen and oxygen atoms in total. The average molecular weight is 409 g/mol. The lowest BCUT2D eigenvalue weighted by atomic mass is 9.46. The number of aliphatic carboxylic acids is 1. The molecule has 0 radical (unpaired) electrons. The van der Waals surface area contributed by atoms with Gasteiger partial charge in [0.15, 0.2) is 0 Å². The second-order valence-electron chi connectivity index (χ2n) is 9.29. The quantitative estimate of drug-likeness (QED) is 0.463. The second-order valence-corrected chi connectivity index (χ2v) is 9.69. The Morgan fingerprint density at radius 1 is 0.897 bits per heavy atom. The largest absolute Gasteiger partial charge is 0.506 e. The molecule has 4 aliphatic rings. The summed E-state index contributed by atoms with van der Waals surface area (Å²) in [6.45, 7) is 0. The number of carboxylic acids is 1. The van der Waals surface area contributed by atoms with E-state index in [9.17, 15) is 15.0 Å². The number of carboxylic acid groups (broad SMARTS) is 1. The molecule has 4 bridgehead atoms. The molecule has 2 aromatic rings. The molecule has 150 valence electrons. The van der Waals surface area contributed by atoms with Crippen LogP contribution in [-0.2, 0) is 4.79 Å². The number of hydrogen-bond donors (Lipinski definition) is 2. The molecular formula is C25H25ClO3. The van der Waals surface area contributed by atoms with Crippen LogP contribution in [0.4, 0.5) is 0 Å². The molecule has 6 rings (SSSR count). The van der Waals surface area contributed by atoms with Crippen LogP contribution in [0, 0.1) is 23.2 Å². The smallest absolute Gasteiger partial charge is 0.336 e. The van der Waals surface area contributed by atoms with Crippen LogP contribution in [0.3, 0.4) is 0 Å². The predicted molar refractivity (Wildman–Crippen MR) is 115 cm³/mol. The number of allylic oxidation sites excluding steroid dienone is 1. The van der Waals surface area contributed by atoms with E-state index in [1.54, 1.807) is 12.1 Å². The number of phenolic OH excluding ortho intramolecular Hbond substituents is 1. The van der Waals surface area contributed by atoms with Crippen LogP contribution < -0.4 is 0 Å². The van der Waals surface area contributed by atoms with Gasteiger partial charge < -0.3 is 10.2 Å². The highest BCUT2D eigenvalue weighted by Gasteiger charge is 2.53. The summed E-state index contributed by atoms with van der Waals surface area (Å²) in [5, 5.41) is 20.6. The van der Waals surface area contributed by atoms with Crippen molar-refractivity contribution in [1.82, 2.24) is 0 Å². The molecule has 29 heavy (non-hydrogen) atoms. The Morgan fingerprint density at radius 3 is 2.00 bits per heavy atom. The van der Waals surface area contributed by atoms with E-state index >= 15 is 0 Å². The van der Waals surface area contributed by atoms with E-state index in [1.807, 2.05) is 36.4 Å². The molecule has 4 saturated carbocycles. The number of aromatic hydroxyl groups is 1. The van der Waals surface area contributed by atoms with Crippen molar-refractivity contribution in [2.75, 3.05) is 0 Å². The van der Waals surface area contributed by atoms with Gasteiger partial charge in [0.1, 0.15) is 5.75 Å². The first-order valence-corrected chi connectivity index (χ1v) is 10.9. The van der Waals surface area contributed by atoms with E-state index in [-0.39, 0.29) is 16.2 Å². The molecule has 0 aliphatic heterocycles. The highest BCUT2D eigenvalue weighted by molar-refractivity contribution is 6.32.